The average molecular weight is 337 g/mol. The zero-order chi connectivity index (χ0) is 17.5. The molecular formula is C19H19N3O3. The van der Waals surface area contributed by atoms with E-state index in [9.17, 15) is 4.79 Å². The number of anilines is 1. The predicted molar refractivity (Wildman–Crippen MR) is 97.3 cm³/mol. The highest BCUT2D eigenvalue weighted by atomic mass is 16.5. The Morgan fingerprint density at radius 1 is 1.04 bits per heavy atom. The summed E-state index contributed by atoms with van der Waals surface area (Å²) in [5.74, 6) is 1.30. The molecule has 0 aliphatic carbocycles. The van der Waals surface area contributed by atoms with E-state index in [0.29, 0.717) is 30.3 Å². The van der Waals surface area contributed by atoms with Gasteiger partial charge in [-0.3, -0.25) is 4.98 Å². The highest BCUT2D eigenvalue weighted by Gasteiger charge is 2.06. The first kappa shape index (κ1) is 16.6. The largest absolute Gasteiger partial charge is 0.493 e. The van der Waals surface area contributed by atoms with Crippen molar-refractivity contribution < 1.29 is 14.3 Å². The van der Waals surface area contributed by atoms with Crippen molar-refractivity contribution in [2.45, 2.75) is 0 Å². The molecule has 0 unspecified atom stereocenters. The summed E-state index contributed by atoms with van der Waals surface area (Å²) in [6, 6.07) is 16.5. The standard InChI is InChI=1S/C19H19N3O3/c1-24-16-9-2-3-10-17(16)25-13-12-21-19(23)22-15-8-4-6-14-7-5-11-20-18(14)15/h2-11H,12-13H2,1H3,(H2,21,22,23). The van der Waals surface area contributed by atoms with Gasteiger partial charge in [-0.1, -0.05) is 30.3 Å². The third-order valence-electron chi connectivity index (χ3n) is 3.60. The highest BCUT2D eigenvalue weighted by molar-refractivity contribution is 5.99. The molecule has 0 saturated carbocycles. The monoisotopic (exact) mass is 337 g/mol. The second-order valence-electron chi connectivity index (χ2n) is 5.26. The summed E-state index contributed by atoms with van der Waals surface area (Å²) in [6.45, 7) is 0.698. The molecule has 3 aromatic rings. The smallest absolute Gasteiger partial charge is 0.319 e. The zero-order valence-electron chi connectivity index (χ0n) is 13.9. The molecule has 2 N–H and O–H groups in total. The molecule has 0 aliphatic rings. The lowest BCUT2D eigenvalue weighted by molar-refractivity contribution is 0.246. The topological polar surface area (TPSA) is 72.5 Å². The van der Waals surface area contributed by atoms with Crippen LogP contribution < -0.4 is 20.1 Å². The van der Waals surface area contributed by atoms with Gasteiger partial charge < -0.3 is 20.1 Å². The summed E-state index contributed by atoms with van der Waals surface area (Å²) in [7, 11) is 1.59. The van der Waals surface area contributed by atoms with Crippen molar-refractivity contribution >= 4 is 22.6 Å². The molecule has 3 rings (SSSR count). The lowest BCUT2D eigenvalue weighted by Crippen LogP contribution is -2.32. The number of pyridine rings is 1. The molecule has 2 amide bonds. The Bertz CT molecular complexity index is 862. The van der Waals surface area contributed by atoms with Gasteiger partial charge >= 0.3 is 6.03 Å². The Labute approximate surface area is 145 Å². The van der Waals surface area contributed by atoms with Crippen LogP contribution in [0.1, 0.15) is 0 Å². The Morgan fingerprint density at radius 2 is 1.84 bits per heavy atom. The predicted octanol–water partition coefficient (Wildman–Crippen LogP) is 3.44. The van der Waals surface area contributed by atoms with E-state index in [1.54, 1.807) is 13.3 Å². The fraction of sp³-hybridized carbons (Fsp3) is 0.158. The van der Waals surface area contributed by atoms with Crippen LogP contribution in [0.25, 0.3) is 10.9 Å². The summed E-state index contributed by atoms with van der Waals surface area (Å²) in [5.41, 5.74) is 1.42. The minimum atomic E-state index is -0.304. The van der Waals surface area contributed by atoms with Crippen LogP contribution in [0.3, 0.4) is 0 Å². The number of ether oxygens (including phenoxy) is 2. The van der Waals surface area contributed by atoms with E-state index >= 15 is 0 Å². The summed E-state index contributed by atoms with van der Waals surface area (Å²) >= 11 is 0. The summed E-state index contributed by atoms with van der Waals surface area (Å²) in [5, 5.41) is 6.55. The van der Waals surface area contributed by atoms with Crippen LogP contribution in [-0.2, 0) is 0 Å². The number of para-hydroxylation sites is 3. The lowest BCUT2D eigenvalue weighted by Gasteiger charge is -2.12. The minimum Gasteiger partial charge on any atom is -0.493 e. The van der Waals surface area contributed by atoms with Crippen LogP contribution in [-0.4, -0.2) is 31.3 Å². The summed E-state index contributed by atoms with van der Waals surface area (Å²) in [6.07, 6.45) is 1.70. The first-order valence-electron chi connectivity index (χ1n) is 7.92. The Kier molecular flexibility index (Phi) is 5.31. The number of rotatable bonds is 6. The number of aromatic nitrogens is 1. The first-order valence-corrected chi connectivity index (χ1v) is 7.92. The van der Waals surface area contributed by atoms with Crippen molar-refractivity contribution in [3.63, 3.8) is 0 Å². The number of amides is 2. The molecule has 128 valence electrons. The molecule has 6 nitrogen and oxygen atoms in total. The van der Waals surface area contributed by atoms with E-state index in [0.717, 1.165) is 10.9 Å². The van der Waals surface area contributed by atoms with E-state index < -0.39 is 0 Å². The lowest BCUT2D eigenvalue weighted by atomic mass is 10.2. The summed E-state index contributed by atoms with van der Waals surface area (Å²) < 4.78 is 10.8. The third kappa shape index (κ3) is 4.17. The van der Waals surface area contributed by atoms with Gasteiger partial charge in [0.1, 0.15) is 6.61 Å². The SMILES string of the molecule is COc1ccccc1OCCNC(=O)Nc1cccc2cccnc12. The van der Waals surface area contributed by atoms with Crippen molar-refractivity contribution in [2.75, 3.05) is 25.6 Å². The average Bonchev–Trinajstić information content (AvgIpc) is 2.66. The molecule has 25 heavy (non-hydrogen) atoms. The maximum Gasteiger partial charge on any atom is 0.319 e. The van der Waals surface area contributed by atoms with Gasteiger partial charge in [-0.2, -0.15) is 0 Å². The van der Waals surface area contributed by atoms with Gasteiger partial charge in [0.25, 0.3) is 0 Å². The number of nitrogens with one attached hydrogen (secondary N) is 2. The number of fused-ring (bicyclic) bond motifs is 1. The van der Waals surface area contributed by atoms with Gasteiger partial charge in [0.2, 0.25) is 0 Å². The van der Waals surface area contributed by atoms with Crippen LogP contribution in [0, 0.1) is 0 Å². The molecule has 0 spiro atoms. The van der Waals surface area contributed by atoms with Crippen molar-refractivity contribution in [3.05, 3.63) is 60.8 Å². The van der Waals surface area contributed by atoms with E-state index in [1.165, 1.54) is 0 Å². The molecule has 0 aliphatic heterocycles. The quantitative estimate of drug-likeness (QED) is 0.676. The normalized spacial score (nSPS) is 10.3. The molecule has 0 atom stereocenters. The summed E-state index contributed by atoms with van der Waals surface area (Å²) in [4.78, 5) is 16.4. The van der Waals surface area contributed by atoms with E-state index in [4.69, 9.17) is 9.47 Å². The van der Waals surface area contributed by atoms with Crippen LogP contribution >= 0.6 is 0 Å². The zero-order valence-corrected chi connectivity index (χ0v) is 13.9. The first-order chi connectivity index (χ1) is 12.3. The third-order valence-corrected chi connectivity index (χ3v) is 3.60. The molecule has 2 aromatic carbocycles. The number of hydrogen-bond acceptors (Lipinski definition) is 4. The number of methoxy groups -OCH3 is 1. The Balaban J connectivity index is 1.51. The fourth-order valence-electron chi connectivity index (χ4n) is 2.44. The molecule has 0 radical (unpaired) electrons. The maximum atomic E-state index is 12.1. The van der Waals surface area contributed by atoms with Crippen molar-refractivity contribution in [1.29, 1.82) is 0 Å². The van der Waals surface area contributed by atoms with Gasteiger partial charge in [0.15, 0.2) is 11.5 Å². The highest BCUT2D eigenvalue weighted by Crippen LogP contribution is 2.25. The Morgan fingerprint density at radius 3 is 2.68 bits per heavy atom. The van der Waals surface area contributed by atoms with Crippen LogP contribution in [0.5, 0.6) is 11.5 Å². The molecule has 6 heteroatoms. The number of benzene rings is 2. The van der Waals surface area contributed by atoms with E-state index in [2.05, 4.69) is 15.6 Å². The van der Waals surface area contributed by atoms with Gasteiger partial charge in [-0.05, 0) is 24.3 Å². The molecule has 0 saturated heterocycles. The van der Waals surface area contributed by atoms with Crippen molar-refractivity contribution in [2.24, 2.45) is 0 Å². The van der Waals surface area contributed by atoms with Crippen LogP contribution in [0.15, 0.2) is 60.8 Å². The number of carbonyl (C=O) groups excluding carboxylic acids is 1. The minimum absolute atomic E-state index is 0.304. The van der Waals surface area contributed by atoms with Crippen molar-refractivity contribution in [1.82, 2.24) is 10.3 Å². The van der Waals surface area contributed by atoms with Gasteiger partial charge in [-0.25, -0.2) is 4.79 Å². The molecule has 1 heterocycles. The molecular weight excluding hydrogens is 318 g/mol. The molecule has 0 bridgehead atoms. The molecule has 0 fully saturated rings. The maximum absolute atomic E-state index is 12.1. The van der Waals surface area contributed by atoms with Gasteiger partial charge in [0.05, 0.1) is 24.9 Å². The number of nitrogens with zero attached hydrogens (tertiary/aromatic N) is 1. The van der Waals surface area contributed by atoms with E-state index in [-0.39, 0.29) is 6.03 Å². The number of urea groups is 1. The van der Waals surface area contributed by atoms with Gasteiger partial charge in [0, 0.05) is 11.6 Å². The number of carbonyl (C=O) groups is 1. The second kappa shape index (κ2) is 8.01. The number of hydrogen-bond donors (Lipinski definition) is 2. The van der Waals surface area contributed by atoms with Crippen LogP contribution in [0.2, 0.25) is 0 Å². The van der Waals surface area contributed by atoms with Gasteiger partial charge in [-0.15, -0.1) is 0 Å². The second-order valence-corrected chi connectivity index (χ2v) is 5.26. The van der Waals surface area contributed by atoms with Crippen LogP contribution in [0.4, 0.5) is 10.5 Å². The van der Waals surface area contributed by atoms with E-state index in [1.807, 2.05) is 54.6 Å². The Hall–Kier alpha value is -3.28. The molecule has 1 aromatic heterocycles. The van der Waals surface area contributed by atoms with Crippen molar-refractivity contribution in [3.8, 4) is 11.5 Å². The fourth-order valence-corrected chi connectivity index (χ4v) is 2.44.